The first-order chi connectivity index (χ1) is 9.15. The number of aryl methyl sites for hydroxylation is 1. The van der Waals surface area contributed by atoms with Gasteiger partial charge in [-0.05, 0) is 25.5 Å². The number of aromatic nitrogens is 5. The van der Waals surface area contributed by atoms with Crippen LogP contribution in [0.3, 0.4) is 0 Å². The summed E-state index contributed by atoms with van der Waals surface area (Å²) >= 11 is 6.18. The summed E-state index contributed by atoms with van der Waals surface area (Å²) in [6.45, 7) is 4.30. The lowest BCUT2D eigenvalue weighted by atomic mass is 10.3. The number of fused-ring (bicyclic) bond motifs is 1. The maximum absolute atomic E-state index is 6.18. The average molecular weight is 278 g/mol. The van der Waals surface area contributed by atoms with Crippen LogP contribution < -0.4 is 0 Å². The molecule has 0 N–H and O–H groups in total. The molecule has 1 unspecified atom stereocenters. The molecule has 0 bridgehead atoms. The topological polar surface area (TPSA) is 69.6 Å². The minimum Gasteiger partial charge on any atom is -0.343 e. The Balaban J connectivity index is 2.16. The molecule has 0 amide bonds. The molecule has 0 aliphatic carbocycles. The number of hydrogen-bond acceptors (Lipinski definition) is 5. The molecule has 0 aromatic carbocycles. The van der Waals surface area contributed by atoms with Crippen molar-refractivity contribution in [3.05, 3.63) is 35.9 Å². The molecule has 0 aliphatic heterocycles. The van der Waals surface area contributed by atoms with E-state index in [0.29, 0.717) is 12.4 Å². The number of rotatable bonds is 3. The van der Waals surface area contributed by atoms with Gasteiger partial charge in [-0.3, -0.25) is 0 Å². The highest BCUT2D eigenvalue weighted by molar-refractivity contribution is 6.20. The minimum atomic E-state index is -0.221. The molecule has 3 aromatic rings. The molecule has 3 heterocycles. The summed E-state index contributed by atoms with van der Waals surface area (Å²) in [5.41, 5.74) is 2.66. The number of nitrogens with zero attached hydrogens (tertiary/aromatic N) is 5. The van der Waals surface area contributed by atoms with Gasteiger partial charge in [0.25, 0.3) is 0 Å². The lowest BCUT2D eigenvalue weighted by Gasteiger charge is -2.07. The van der Waals surface area contributed by atoms with Gasteiger partial charge in [0.1, 0.15) is 11.3 Å². The molecule has 0 radical (unpaired) electrons. The van der Waals surface area contributed by atoms with Gasteiger partial charge in [0.05, 0.1) is 11.9 Å². The summed E-state index contributed by atoms with van der Waals surface area (Å²) in [5.74, 6) is 1.32. The lowest BCUT2D eigenvalue weighted by molar-refractivity contribution is 0.408. The van der Waals surface area contributed by atoms with Gasteiger partial charge in [0.2, 0.25) is 6.39 Å². The van der Waals surface area contributed by atoms with Gasteiger partial charge in [-0.2, -0.15) is 4.98 Å². The number of hydrogen-bond donors (Lipinski definition) is 0. The fourth-order valence-corrected chi connectivity index (χ4v) is 2.16. The van der Waals surface area contributed by atoms with Crippen molar-refractivity contribution >= 4 is 22.8 Å². The van der Waals surface area contributed by atoms with Crippen molar-refractivity contribution < 1.29 is 4.52 Å². The van der Waals surface area contributed by atoms with Gasteiger partial charge in [0, 0.05) is 6.20 Å². The molecule has 0 aliphatic rings. The van der Waals surface area contributed by atoms with E-state index >= 15 is 0 Å². The maximum Gasteiger partial charge on any atom is 0.213 e. The Morgan fingerprint density at radius 1 is 1.42 bits per heavy atom. The van der Waals surface area contributed by atoms with Crippen LogP contribution in [0.2, 0.25) is 0 Å². The molecule has 0 saturated heterocycles. The van der Waals surface area contributed by atoms with E-state index in [9.17, 15) is 0 Å². The van der Waals surface area contributed by atoms with E-state index in [1.165, 1.54) is 6.39 Å². The molecular weight excluding hydrogens is 266 g/mol. The lowest BCUT2D eigenvalue weighted by Crippen LogP contribution is -2.07. The molecule has 1 atom stereocenters. The van der Waals surface area contributed by atoms with Crippen LogP contribution in [0.25, 0.3) is 11.2 Å². The Morgan fingerprint density at radius 2 is 2.26 bits per heavy atom. The summed E-state index contributed by atoms with van der Waals surface area (Å²) in [6.07, 6.45) is 3.11. The van der Waals surface area contributed by atoms with Gasteiger partial charge in [-0.15, -0.1) is 11.6 Å². The van der Waals surface area contributed by atoms with Crippen LogP contribution in [-0.4, -0.2) is 24.7 Å². The first-order valence-electron chi connectivity index (χ1n) is 5.87. The van der Waals surface area contributed by atoms with Crippen LogP contribution in [0.5, 0.6) is 0 Å². The van der Waals surface area contributed by atoms with Crippen molar-refractivity contribution in [1.82, 2.24) is 24.7 Å². The van der Waals surface area contributed by atoms with Crippen LogP contribution >= 0.6 is 11.6 Å². The number of pyridine rings is 1. The second-order valence-corrected chi connectivity index (χ2v) is 5.03. The molecule has 7 heteroatoms. The Labute approximate surface area is 114 Å². The fraction of sp³-hybridized carbons (Fsp3) is 0.333. The number of imidazole rings is 1. The SMILES string of the molecule is Cc1cnc2c(c1)nc(C(C)Cl)n2Cc1ncon1. The third kappa shape index (κ3) is 2.19. The van der Waals surface area contributed by atoms with Crippen LogP contribution in [0, 0.1) is 6.92 Å². The Morgan fingerprint density at radius 3 is 2.95 bits per heavy atom. The largest absolute Gasteiger partial charge is 0.343 e. The predicted octanol–water partition coefficient (Wildman–Crippen LogP) is 2.47. The number of alkyl halides is 1. The number of halogens is 1. The van der Waals surface area contributed by atoms with Gasteiger partial charge in [-0.25, -0.2) is 9.97 Å². The summed E-state index contributed by atoms with van der Waals surface area (Å²) in [7, 11) is 0. The summed E-state index contributed by atoms with van der Waals surface area (Å²) in [5, 5.41) is 3.59. The highest BCUT2D eigenvalue weighted by Crippen LogP contribution is 2.24. The van der Waals surface area contributed by atoms with Crippen molar-refractivity contribution in [3.8, 4) is 0 Å². The van der Waals surface area contributed by atoms with Crippen molar-refractivity contribution in [1.29, 1.82) is 0 Å². The van der Waals surface area contributed by atoms with Crippen LogP contribution in [0.15, 0.2) is 23.2 Å². The van der Waals surface area contributed by atoms with E-state index in [-0.39, 0.29) is 5.38 Å². The van der Waals surface area contributed by atoms with E-state index in [4.69, 9.17) is 16.1 Å². The van der Waals surface area contributed by atoms with E-state index in [2.05, 4.69) is 20.1 Å². The van der Waals surface area contributed by atoms with Gasteiger partial charge < -0.3 is 9.09 Å². The quantitative estimate of drug-likeness (QED) is 0.688. The molecular formula is C12H12ClN5O. The van der Waals surface area contributed by atoms with E-state index in [1.807, 2.05) is 24.5 Å². The summed E-state index contributed by atoms with van der Waals surface area (Å²) in [6, 6.07) is 1.98. The molecule has 19 heavy (non-hydrogen) atoms. The Bertz CT molecular complexity index is 704. The molecule has 0 spiro atoms. The van der Waals surface area contributed by atoms with Crippen molar-refractivity contribution in [2.45, 2.75) is 25.8 Å². The van der Waals surface area contributed by atoms with Gasteiger partial charge in [-0.1, -0.05) is 5.16 Å². The van der Waals surface area contributed by atoms with Crippen LogP contribution in [-0.2, 0) is 6.54 Å². The second kappa shape index (κ2) is 4.62. The Kier molecular flexibility index (Phi) is 2.94. The van der Waals surface area contributed by atoms with Crippen LogP contribution in [0.1, 0.15) is 29.5 Å². The predicted molar refractivity (Wildman–Crippen MR) is 69.9 cm³/mol. The first kappa shape index (κ1) is 12.1. The summed E-state index contributed by atoms with van der Waals surface area (Å²) < 4.78 is 6.66. The zero-order valence-corrected chi connectivity index (χ0v) is 11.3. The summed E-state index contributed by atoms with van der Waals surface area (Å²) in [4.78, 5) is 13.0. The molecule has 6 nitrogen and oxygen atoms in total. The zero-order valence-electron chi connectivity index (χ0n) is 10.5. The smallest absolute Gasteiger partial charge is 0.213 e. The van der Waals surface area contributed by atoms with E-state index < -0.39 is 0 Å². The molecule has 3 rings (SSSR count). The molecule has 0 fully saturated rings. The average Bonchev–Trinajstić information content (AvgIpc) is 2.97. The highest BCUT2D eigenvalue weighted by Gasteiger charge is 2.17. The van der Waals surface area contributed by atoms with Crippen molar-refractivity contribution in [3.63, 3.8) is 0 Å². The van der Waals surface area contributed by atoms with Crippen molar-refractivity contribution in [2.24, 2.45) is 0 Å². The fourth-order valence-electron chi connectivity index (χ4n) is 1.99. The Hall–Kier alpha value is -1.95. The standard InChI is InChI=1S/C12H12ClN5O/c1-7-3-9-12(14-4-7)18(11(16-9)8(2)13)5-10-15-6-19-17-10/h3-4,6,8H,5H2,1-2H3. The normalized spacial score (nSPS) is 13.0. The van der Waals surface area contributed by atoms with Gasteiger partial charge >= 0.3 is 0 Å². The second-order valence-electron chi connectivity index (χ2n) is 4.37. The first-order valence-corrected chi connectivity index (χ1v) is 6.31. The van der Waals surface area contributed by atoms with Crippen LogP contribution in [0.4, 0.5) is 0 Å². The molecule has 98 valence electrons. The minimum absolute atomic E-state index is 0.221. The van der Waals surface area contributed by atoms with E-state index in [1.54, 1.807) is 6.20 Å². The molecule has 3 aromatic heterocycles. The molecule has 0 saturated carbocycles. The maximum atomic E-state index is 6.18. The monoisotopic (exact) mass is 277 g/mol. The van der Waals surface area contributed by atoms with E-state index in [0.717, 1.165) is 22.6 Å². The van der Waals surface area contributed by atoms with Gasteiger partial charge in [0.15, 0.2) is 11.5 Å². The third-order valence-corrected chi connectivity index (χ3v) is 3.01. The van der Waals surface area contributed by atoms with Crippen molar-refractivity contribution in [2.75, 3.05) is 0 Å². The third-order valence-electron chi connectivity index (χ3n) is 2.81. The zero-order chi connectivity index (χ0) is 13.4. The highest BCUT2D eigenvalue weighted by atomic mass is 35.5.